The summed E-state index contributed by atoms with van der Waals surface area (Å²) in [6, 6.07) is 0. The first kappa shape index (κ1) is 60.8. The number of hydrogen-bond donors (Lipinski definition) is 2. The number of rotatable bonds is 40. The predicted molar refractivity (Wildman–Crippen MR) is 239 cm³/mol. The molecule has 0 bridgehead atoms. The number of nitrogens with zero attached hydrogens (tertiary/aromatic N) is 1. The molecule has 0 heterocycles. The normalized spacial score (nSPS) is 12.2. The summed E-state index contributed by atoms with van der Waals surface area (Å²) in [6.07, 6.45) is 48.1. The fourth-order valence-corrected chi connectivity index (χ4v) is 7.00. The van der Waals surface area contributed by atoms with Crippen LogP contribution in [0.4, 0.5) is 0 Å². The van der Waals surface area contributed by atoms with Gasteiger partial charge in [0.15, 0.2) is 0 Å². The van der Waals surface area contributed by atoms with Crippen LogP contribution in [0.3, 0.4) is 0 Å². The van der Waals surface area contributed by atoms with E-state index in [-0.39, 0.29) is 56.7 Å². The van der Waals surface area contributed by atoms with Crippen molar-refractivity contribution in [2.75, 3.05) is 24.6 Å². The van der Waals surface area contributed by atoms with Crippen molar-refractivity contribution >= 4 is 69.8 Å². The van der Waals surface area contributed by atoms with Crippen LogP contribution in [0.2, 0.25) is 0 Å². The average Bonchev–Trinajstić information content (AvgIpc) is 3.13. The van der Waals surface area contributed by atoms with Crippen LogP contribution in [-0.2, 0) is 25.0 Å². The van der Waals surface area contributed by atoms with Gasteiger partial charge in [-0.25, -0.2) is 8.42 Å². The largest absolute Gasteiger partial charge is 2.00 e. The Morgan fingerprint density at radius 1 is 0.544 bits per heavy atom. The van der Waals surface area contributed by atoms with Gasteiger partial charge in [-0.15, -0.1) is 0 Å². The second kappa shape index (κ2) is 46.6. The standard InChI is InChI=1S/2C22H43NO4S.Ca/c2*1-2-3-4-5-6-7-8-9-10-11-12-13-14-15-16-17-18-19-22(24)23-20-21-28(25,26)27;/h2*18-19H,2-17,20-21H2,1H3,(H,23,24)(H,25,26,27);/q;;+2/p-2/b2*19-18+;. The van der Waals surface area contributed by atoms with Crippen molar-refractivity contribution in [3.8, 4) is 0 Å². The number of carbonyl (C=O) groups is 1. The van der Waals surface area contributed by atoms with E-state index in [9.17, 15) is 31.3 Å². The molecule has 57 heavy (non-hydrogen) atoms. The molecule has 332 valence electrons. The maximum absolute atomic E-state index is 11.4. The van der Waals surface area contributed by atoms with Gasteiger partial charge in [0.25, 0.3) is 10.1 Å². The van der Waals surface area contributed by atoms with Crippen LogP contribution in [0.1, 0.15) is 219 Å². The molecule has 0 aliphatic carbocycles. The smallest absolute Gasteiger partial charge is 0.859 e. The second-order valence-electron chi connectivity index (χ2n) is 15.3. The molecule has 0 saturated carbocycles. The molecule has 0 radical (unpaired) electrons. The molecule has 0 fully saturated rings. The van der Waals surface area contributed by atoms with Gasteiger partial charge in [0.05, 0.1) is 28.2 Å². The molecule has 10 nitrogen and oxygen atoms in total. The van der Waals surface area contributed by atoms with E-state index in [2.05, 4.69) is 24.2 Å². The van der Waals surface area contributed by atoms with E-state index in [1.165, 1.54) is 192 Å². The van der Waals surface area contributed by atoms with Crippen molar-refractivity contribution < 1.29 is 35.8 Å². The van der Waals surface area contributed by atoms with E-state index in [0.717, 1.165) is 25.7 Å². The van der Waals surface area contributed by atoms with Crippen LogP contribution in [0.5, 0.6) is 0 Å². The van der Waals surface area contributed by atoms with E-state index in [1.807, 2.05) is 6.08 Å². The van der Waals surface area contributed by atoms with Crippen LogP contribution in [0.25, 0.3) is 0 Å². The van der Waals surface area contributed by atoms with E-state index in [1.54, 1.807) is 6.08 Å². The molecule has 0 rings (SSSR count). The Bertz CT molecular complexity index is 1180. The molecule has 0 unspecified atom stereocenters. The molecule has 0 atom stereocenters. The molecule has 2 N–H and O–H groups in total. The summed E-state index contributed by atoms with van der Waals surface area (Å²) in [5.74, 6) is -1.86. The topological polar surface area (TPSA) is 176 Å². The number of aliphatic imine (C=N–C) groups is 1. The van der Waals surface area contributed by atoms with Gasteiger partial charge in [0, 0.05) is 6.54 Å². The second-order valence-corrected chi connectivity index (χ2v) is 18.4. The van der Waals surface area contributed by atoms with Gasteiger partial charge in [-0.05, 0) is 37.7 Å². The van der Waals surface area contributed by atoms with Crippen molar-refractivity contribution in [2.45, 2.75) is 219 Å². The summed E-state index contributed by atoms with van der Waals surface area (Å²) in [5.41, 5.74) is 0. The third-order valence-electron chi connectivity index (χ3n) is 9.75. The minimum atomic E-state index is -4.29. The van der Waals surface area contributed by atoms with Crippen LogP contribution < -0.4 is 10.4 Å². The first-order chi connectivity index (χ1) is 26.9. The Morgan fingerprint density at radius 2 is 0.860 bits per heavy atom. The van der Waals surface area contributed by atoms with Crippen LogP contribution in [0.15, 0.2) is 29.3 Å². The van der Waals surface area contributed by atoms with Crippen molar-refractivity contribution in [3.05, 3.63) is 24.3 Å². The number of allylic oxidation sites excluding steroid dienone is 2. The minimum Gasteiger partial charge on any atom is -0.859 e. The number of amides is 1. The summed E-state index contributed by atoms with van der Waals surface area (Å²) >= 11 is 0. The summed E-state index contributed by atoms with van der Waals surface area (Å²) in [5, 5.41) is 13.8. The molecule has 0 spiro atoms. The van der Waals surface area contributed by atoms with Gasteiger partial charge in [-0.2, -0.15) is 8.42 Å². The molecule has 0 aliphatic rings. The van der Waals surface area contributed by atoms with Crippen LogP contribution in [-0.4, -0.2) is 100 Å². The molecule has 0 aromatic heterocycles. The SMILES string of the molecule is CCCCCCCCCCCCCCCCC/C=C/C(=O)NCCS(=O)(=O)O.CCCCCCCCCCCCCCCCC/C=C/C([O-])=NCCS(=O)(=O)[O-].[Ca+2]. The van der Waals surface area contributed by atoms with E-state index in [4.69, 9.17) is 4.55 Å². The quantitative estimate of drug-likeness (QED) is 0.0153. The van der Waals surface area contributed by atoms with Gasteiger partial charge >= 0.3 is 37.7 Å². The van der Waals surface area contributed by atoms with Crippen LogP contribution in [0, 0.1) is 0 Å². The van der Waals surface area contributed by atoms with Gasteiger partial charge in [0.2, 0.25) is 5.91 Å². The number of unbranched alkanes of at least 4 members (excludes halogenated alkanes) is 30. The molecule has 0 saturated heterocycles. The van der Waals surface area contributed by atoms with Gasteiger partial charge in [-0.1, -0.05) is 212 Å². The first-order valence-corrected chi connectivity index (χ1v) is 25.8. The monoisotopic (exact) mass is 873 g/mol. The third-order valence-corrected chi connectivity index (χ3v) is 11.1. The number of carbonyl (C=O) groups excluding carboxylic acids is 1. The number of hydrogen-bond acceptors (Lipinski definition) is 8. The van der Waals surface area contributed by atoms with Crippen molar-refractivity contribution in [1.82, 2.24) is 5.32 Å². The molecule has 1 amide bonds. The summed E-state index contributed by atoms with van der Waals surface area (Å²) in [6.45, 7) is 4.20. The molecule has 0 aliphatic heterocycles. The Kier molecular flexibility index (Phi) is 49.7. The van der Waals surface area contributed by atoms with Crippen molar-refractivity contribution in [3.63, 3.8) is 0 Å². The molecule has 0 aromatic carbocycles. The zero-order valence-corrected chi connectivity index (χ0v) is 40.4. The zero-order chi connectivity index (χ0) is 41.9. The predicted octanol–water partition coefficient (Wildman–Crippen LogP) is 10.5. The maximum atomic E-state index is 11.4. The molecular weight excluding hydrogens is 789 g/mol. The maximum Gasteiger partial charge on any atom is 2.00 e. The molecule has 13 heteroatoms. The first-order valence-electron chi connectivity index (χ1n) is 22.6. The summed E-state index contributed by atoms with van der Waals surface area (Å²) in [7, 11) is -8.30. The van der Waals surface area contributed by atoms with Gasteiger partial charge in [-0.3, -0.25) is 9.35 Å². The summed E-state index contributed by atoms with van der Waals surface area (Å²) in [4.78, 5) is 14.9. The van der Waals surface area contributed by atoms with Crippen LogP contribution >= 0.6 is 0 Å². The van der Waals surface area contributed by atoms with Crippen molar-refractivity contribution in [2.24, 2.45) is 4.99 Å². The van der Waals surface area contributed by atoms with E-state index < -0.39 is 37.6 Å². The minimum absolute atomic E-state index is 0. The average molecular weight is 873 g/mol. The molecular formula is C44H84CaN2O8S2. The molecule has 0 aromatic rings. The third kappa shape index (κ3) is 59.9. The Labute approximate surface area is 381 Å². The Hall–Kier alpha value is -0.500. The van der Waals surface area contributed by atoms with E-state index in [0.29, 0.717) is 0 Å². The van der Waals surface area contributed by atoms with E-state index >= 15 is 0 Å². The zero-order valence-electron chi connectivity index (χ0n) is 36.5. The fraction of sp³-hybridized carbons (Fsp3) is 0.864. The van der Waals surface area contributed by atoms with Crippen molar-refractivity contribution in [1.29, 1.82) is 0 Å². The number of nitrogens with one attached hydrogen (secondary N) is 1. The summed E-state index contributed by atoms with van der Waals surface area (Å²) < 4.78 is 60.8. The Balaban J connectivity index is -0.00000101. The Morgan fingerprint density at radius 3 is 1.18 bits per heavy atom. The van der Waals surface area contributed by atoms with Gasteiger partial charge in [0.1, 0.15) is 0 Å². The fourth-order valence-electron chi connectivity index (χ4n) is 6.32. The van der Waals surface area contributed by atoms with Gasteiger partial charge < -0.3 is 20.0 Å².